The molecule has 0 radical (unpaired) electrons. The first-order valence-corrected chi connectivity index (χ1v) is 10.0. The van der Waals surface area contributed by atoms with Gasteiger partial charge in [-0.25, -0.2) is 0 Å². The second kappa shape index (κ2) is 10.6. The Bertz CT molecular complexity index is 967. The quantitative estimate of drug-likeness (QED) is 0.340. The highest BCUT2D eigenvalue weighted by Gasteiger charge is 2.22. The van der Waals surface area contributed by atoms with E-state index >= 15 is 0 Å². The number of nitrogens with two attached hydrogens (primary N) is 1. The summed E-state index contributed by atoms with van der Waals surface area (Å²) in [7, 11) is 9.94. The Balaban J connectivity index is 2.66. The van der Waals surface area contributed by atoms with E-state index in [1.54, 1.807) is 32.4 Å². The van der Waals surface area contributed by atoms with E-state index in [2.05, 4.69) is 0 Å². The first-order valence-electron chi connectivity index (χ1n) is 10.0. The molecule has 0 unspecified atom stereocenters. The van der Waals surface area contributed by atoms with Gasteiger partial charge in [-0.3, -0.25) is 4.79 Å². The summed E-state index contributed by atoms with van der Waals surface area (Å²) < 4.78 is 22.0. The van der Waals surface area contributed by atoms with Crippen LogP contribution in [0.25, 0.3) is 6.08 Å². The maximum Gasteiger partial charge on any atom is 0.207 e. The van der Waals surface area contributed by atoms with Crippen LogP contribution in [0.3, 0.4) is 0 Å². The highest BCUT2D eigenvalue weighted by Crippen LogP contribution is 2.47. The van der Waals surface area contributed by atoms with Gasteiger partial charge in [-0.2, -0.15) is 0 Å². The van der Waals surface area contributed by atoms with Gasteiger partial charge in [0.15, 0.2) is 17.3 Å². The topological polar surface area (TPSA) is 83.2 Å². The molecule has 7 heteroatoms. The summed E-state index contributed by atoms with van der Waals surface area (Å²) in [6.07, 6.45) is 3.22. The van der Waals surface area contributed by atoms with Crippen molar-refractivity contribution in [2.24, 2.45) is 0 Å². The average Bonchev–Trinajstić information content (AvgIpc) is 2.77. The number of benzene rings is 2. The second-order valence-corrected chi connectivity index (χ2v) is 7.18. The van der Waals surface area contributed by atoms with Crippen LogP contribution in [0.15, 0.2) is 29.8 Å². The zero-order chi connectivity index (χ0) is 23.1. The lowest BCUT2D eigenvalue weighted by molar-refractivity contribution is 0.103. The van der Waals surface area contributed by atoms with E-state index in [-0.39, 0.29) is 5.78 Å². The number of hydrogen-bond donors (Lipinski definition) is 1. The van der Waals surface area contributed by atoms with Crippen molar-refractivity contribution in [1.29, 1.82) is 0 Å². The predicted molar refractivity (Wildman–Crippen MR) is 125 cm³/mol. The maximum absolute atomic E-state index is 13.4. The van der Waals surface area contributed by atoms with Crippen molar-refractivity contribution in [1.82, 2.24) is 0 Å². The standard InChI is InChI=1S/C24H32N2O5/c1-8-9-15(21(27)16-10-11-18(25)19(13-16)26(2)3)12-17-14-20(28-4)23(30-6)24(31-7)22(17)29-5/h10-14H,8-9,25H2,1-7H3. The Kier molecular flexibility index (Phi) is 8.19. The highest BCUT2D eigenvalue weighted by molar-refractivity contribution is 6.12. The number of methoxy groups -OCH3 is 4. The average molecular weight is 429 g/mol. The Hall–Kier alpha value is -3.35. The van der Waals surface area contributed by atoms with Crippen LogP contribution in [0.5, 0.6) is 23.0 Å². The third-order valence-corrected chi connectivity index (χ3v) is 4.93. The predicted octanol–water partition coefficient (Wildman–Crippen LogP) is 4.44. The molecule has 7 nitrogen and oxygen atoms in total. The zero-order valence-corrected chi connectivity index (χ0v) is 19.4. The van der Waals surface area contributed by atoms with Gasteiger partial charge >= 0.3 is 0 Å². The molecule has 2 aromatic rings. The van der Waals surface area contributed by atoms with E-state index in [1.807, 2.05) is 38.1 Å². The van der Waals surface area contributed by atoms with Crippen LogP contribution in [0.4, 0.5) is 11.4 Å². The monoisotopic (exact) mass is 428 g/mol. The second-order valence-electron chi connectivity index (χ2n) is 7.18. The first kappa shape index (κ1) is 23.9. The van der Waals surface area contributed by atoms with Gasteiger partial charge in [-0.1, -0.05) is 13.3 Å². The van der Waals surface area contributed by atoms with Gasteiger partial charge in [0.2, 0.25) is 11.5 Å². The summed E-state index contributed by atoms with van der Waals surface area (Å²) in [4.78, 5) is 15.3. The van der Waals surface area contributed by atoms with Crippen molar-refractivity contribution in [3.63, 3.8) is 0 Å². The molecule has 0 fully saturated rings. The summed E-state index contributed by atoms with van der Waals surface area (Å²) in [5.41, 5.74) is 9.35. The fourth-order valence-corrected chi connectivity index (χ4v) is 3.43. The third-order valence-electron chi connectivity index (χ3n) is 4.93. The van der Waals surface area contributed by atoms with Gasteiger partial charge in [-0.05, 0) is 36.8 Å². The van der Waals surface area contributed by atoms with Crippen molar-refractivity contribution in [2.75, 3.05) is 53.2 Å². The molecule has 0 aliphatic carbocycles. The Morgan fingerprint density at radius 3 is 2.13 bits per heavy atom. The molecule has 0 bridgehead atoms. The van der Waals surface area contributed by atoms with Crippen molar-refractivity contribution < 1.29 is 23.7 Å². The van der Waals surface area contributed by atoms with Gasteiger partial charge in [0.05, 0.1) is 39.8 Å². The smallest absolute Gasteiger partial charge is 0.207 e. The number of rotatable bonds is 10. The number of hydrogen-bond acceptors (Lipinski definition) is 7. The molecular formula is C24H32N2O5. The third kappa shape index (κ3) is 5.05. The van der Waals surface area contributed by atoms with Crippen LogP contribution in [0.2, 0.25) is 0 Å². The summed E-state index contributed by atoms with van der Waals surface area (Å²) in [5.74, 6) is 1.71. The molecule has 2 N–H and O–H groups in total. The molecule has 0 atom stereocenters. The van der Waals surface area contributed by atoms with Crippen molar-refractivity contribution >= 4 is 23.2 Å². The van der Waals surface area contributed by atoms with E-state index in [0.717, 1.165) is 12.1 Å². The lowest BCUT2D eigenvalue weighted by Crippen LogP contribution is -2.13. The van der Waals surface area contributed by atoms with Crippen molar-refractivity contribution in [2.45, 2.75) is 19.8 Å². The molecule has 2 aromatic carbocycles. The van der Waals surface area contributed by atoms with E-state index < -0.39 is 0 Å². The Labute approximate surface area is 184 Å². The van der Waals surface area contributed by atoms with Crippen LogP contribution in [0, 0.1) is 0 Å². The summed E-state index contributed by atoms with van der Waals surface area (Å²) >= 11 is 0. The minimum atomic E-state index is -0.0687. The minimum absolute atomic E-state index is 0.0687. The molecule has 168 valence electrons. The van der Waals surface area contributed by atoms with Gasteiger partial charge in [-0.15, -0.1) is 0 Å². The number of Topliss-reactive ketones (excluding diaryl/α,β-unsaturated/α-hetero) is 1. The number of carbonyl (C=O) groups excluding carboxylic acids is 1. The molecule has 0 aromatic heterocycles. The SMILES string of the molecule is CCCC(=Cc1cc(OC)c(OC)c(OC)c1OC)C(=O)c1ccc(N)c(N(C)C)c1. The molecule has 0 aliphatic rings. The molecule has 0 aliphatic heterocycles. The summed E-state index contributed by atoms with van der Waals surface area (Å²) in [6.45, 7) is 2.03. The Morgan fingerprint density at radius 1 is 0.968 bits per heavy atom. The Morgan fingerprint density at radius 2 is 1.61 bits per heavy atom. The number of carbonyl (C=O) groups is 1. The normalized spacial score (nSPS) is 11.1. The van der Waals surface area contributed by atoms with Gasteiger partial charge in [0.1, 0.15) is 0 Å². The summed E-state index contributed by atoms with van der Waals surface area (Å²) in [5, 5.41) is 0. The molecule has 0 amide bonds. The van der Waals surface area contributed by atoms with Crippen LogP contribution in [-0.2, 0) is 0 Å². The number of nitrogens with zero attached hydrogens (tertiary/aromatic N) is 1. The largest absolute Gasteiger partial charge is 0.493 e. The van der Waals surface area contributed by atoms with Crippen molar-refractivity contribution in [3.8, 4) is 23.0 Å². The number of ether oxygens (including phenoxy) is 4. The van der Waals surface area contributed by atoms with E-state index in [4.69, 9.17) is 24.7 Å². The van der Waals surface area contributed by atoms with E-state index in [1.165, 1.54) is 14.2 Å². The molecule has 0 heterocycles. The van der Waals surface area contributed by atoms with Crippen LogP contribution >= 0.6 is 0 Å². The van der Waals surface area contributed by atoms with Crippen LogP contribution in [-0.4, -0.2) is 48.3 Å². The molecule has 2 rings (SSSR count). The van der Waals surface area contributed by atoms with Gasteiger partial charge in [0.25, 0.3) is 0 Å². The van der Waals surface area contributed by atoms with Gasteiger partial charge < -0.3 is 29.6 Å². The zero-order valence-electron chi connectivity index (χ0n) is 19.4. The lowest BCUT2D eigenvalue weighted by atomic mass is 9.96. The van der Waals surface area contributed by atoms with Crippen LogP contribution in [0.1, 0.15) is 35.7 Å². The van der Waals surface area contributed by atoms with E-state index in [9.17, 15) is 4.79 Å². The molecule has 0 spiro atoms. The number of nitrogen functional groups attached to an aromatic ring is 1. The summed E-state index contributed by atoms with van der Waals surface area (Å²) in [6, 6.07) is 7.09. The van der Waals surface area contributed by atoms with Crippen LogP contribution < -0.4 is 29.6 Å². The number of anilines is 2. The number of allylic oxidation sites excluding steroid dienone is 1. The molecule has 0 saturated carbocycles. The van der Waals surface area contributed by atoms with Gasteiger partial charge in [0, 0.05) is 30.8 Å². The van der Waals surface area contributed by atoms with Crippen molar-refractivity contribution in [3.05, 3.63) is 41.0 Å². The molecule has 31 heavy (non-hydrogen) atoms. The first-order chi connectivity index (χ1) is 14.8. The van der Waals surface area contributed by atoms with E-state index in [0.29, 0.717) is 51.8 Å². The molecular weight excluding hydrogens is 396 g/mol. The molecule has 0 saturated heterocycles. The maximum atomic E-state index is 13.4. The fourth-order valence-electron chi connectivity index (χ4n) is 3.43. The number of ketones is 1. The fraction of sp³-hybridized carbons (Fsp3) is 0.375. The lowest BCUT2D eigenvalue weighted by Gasteiger charge is -2.18. The highest BCUT2D eigenvalue weighted by atomic mass is 16.5. The minimum Gasteiger partial charge on any atom is -0.493 e.